The van der Waals surface area contributed by atoms with Crippen LogP contribution in [0.4, 0.5) is 0 Å². The Morgan fingerprint density at radius 3 is 2.91 bits per heavy atom. The molecule has 1 aromatic rings. The fourth-order valence-electron chi connectivity index (χ4n) is 2.82. The second-order valence-corrected chi connectivity index (χ2v) is 6.45. The highest BCUT2D eigenvalue weighted by Gasteiger charge is 2.26. The van der Waals surface area contributed by atoms with E-state index in [2.05, 4.69) is 15.9 Å². The van der Waals surface area contributed by atoms with Crippen LogP contribution in [0.5, 0.6) is 5.75 Å². The fourth-order valence-corrected chi connectivity index (χ4v) is 3.16. The quantitative estimate of drug-likeness (QED) is 0.865. The van der Waals surface area contributed by atoms with Crippen molar-refractivity contribution in [3.05, 3.63) is 28.2 Å². The SMILES string of the molecule is COc1cc(Br)ccc1C(=O)N1CCC[C@H](CCC(=O)O)C1. The summed E-state index contributed by atoms with van der Waals surface area (Å²) in [7, 11) is 1.55. The topological polar surface area (TPSA) is 66.8 Å². The molecule has 2 rings (SSSR count). The van der Waals surface area contributed by atoms with E-state index in [1.807, 2.05) is 11.0 Å². The number of likely N-dealkylation sites (tertiary alicyclic amines) is 1. The number of methoxy groups -OCH3 is 1. The highest BCUT2D eigenvalue weighted by Crippen LogP contribution is 2.27. The van der Waals surface area contributed by atoms with Crippen molar-refractivity contribution in [3.8, 4) is 5.75 Å². The molecule has 0 saturated carbocycles. The molecular weight excluding hydrogens is 350 g/mol. The highest BCUT2D eigenvalue weighted by atomic mass is 79.9. The zero-order chi connectivity index (χ0) is 16.1. The third-order valence-electron chi connectivity index (χ3n) is 3.97. The van der Waals surface area contributed by atoms with Crippen LogP contribution in [0.3, 0.4) is 0 Å². The minimum Gasteiger partial charge on any atom is -0.496 e. The van der Waals surface area contributed by atoms with Gasteiger partial charge in [-0.25, -0.2) is 0 Å². The summed E-state index contributed by atoms with van der Waals surface area (Å²) in [5.41, 5.74) is 0.546. The number of ether oxygens (including phenoxy) is 1. The summed E-state index contributed by atoms with van der Waals surface area (Å²) in [5, 5.41) is 8.79. The van der Waals surface area contributed by atoms with Gasteiger partial charge in [0.25, 0.3) is 5.91 Å². The van der Waals surface area contributed by atoms with E-state index in [1.165, 1.54) is 0 Å². The molecule has 1 aliphatic heterocycles. The van der Waals surface area contributed by atoms with Crippen molar-refractivity contribution < 1.29 is 19.4 Å². The molecule has 22 heavy (non-hydrogen) atoms. The Balaban J connectivity index is 2.07. The molecule has 0 radical (unpaired) electrons. The van der Waals surface area contributed by atoms with Crippen LogP contribution in [0.25, 0.3) is 0 Å². The Morgan fingerprint density at radius 1 is 1.45 bits per heavy atom. The Morgan fingerprint density at radius 2 is 2.23 bits per heavy atom. The molecule has 1 saturated heterocycles. The van der Waals surface area contributed by atoms with E-state index < -0.39 is 5.97 Å². The lowest BCUT2D eigenvalue weighted by Crippen LogP contribution is -2.40. The van der Waals surface area contributed by atoms with Crippen molar-refractivity contribution in [1.29, 1.82) is 0 Å². The maximum atomic E-state index is 12.7. The van der Waals surface area contributed by atoms with E-state index in [9.17, 15) is 9.59 Å². The molecule has 0 unspecified atom stereocenters. The van der Waals surface area contributed by atoms with Gasteiger partial charge in [0.2, 0.25) is 0 Å². The Kier molecular flexibility index (Phi) is 5.83. The number of hydrogen-bond acceptors (Lipinski definition) is 3. The van der Waals surface area contributed by atoms with E-state index in [-0.39, 0.29) is 18.2 Å². The predicted molar refractivity (Wildman–Crippen MR) is 86.2 cm³/mol. The number of carbonyl (C=O) groups excluding carboxylic acids is 1. The average Bonchev–Trinajstić information content (AvgIpc) is 2.52. The number of carboxylic acids is 1. The van der Waals surface area contributed by atoms with Gasteiger partial charge in [0, 0.05) is 24.0 Å². The van der Waals surface area contributed by atoms with Crippen LogP contribution >= 0.6 is 15.9 Å². The van der Waals surface area contributed by atoms with Crippen molar-refractivity contribution in [2.75, 3.05) is 20.2 Å². The van der Waals surface area contributed by atoms with Gasteiger partial charge in [-0.1, -0.05) is 15.9 Å². The molecule has 1 heterocycles. The van der Waals surface area contributed by atoms with Crippen LogP contribution in [0.2, 0.25) is 0 Å². The number of hydrogen-bond donors (Lipinski definition) is 1. The predicted octanol–water partition coefficient (Wildman–Crippen LogP) is 3.17. The minimum absolute atomic E-state index is 0.0515. The smallest absolute Gasteiger partial charge is 0.303 e. The van der Waals surface area contributed by atoms with E-state index in [0.29, 0.717) is 30.8 Å². The summed E-state index contributed by atoms with van der Waals surface area (Å²) in [5.74, 6) is -0.0234. The summed E-state index contributed by atoms with van der Waals surface area (Å²) in [6.07, 6.45) is 2.67. The molecule has 1 atom stereocenters. The van der Waals surface area contributed by atoms with Crippen molar-refractivity contribution >= 4 is 27.8 Å². The zero-order valence-corrected chi connectivity index (χ0v) is 14.1. The summed E-state index contributed by atoms with van der Waals surface area (Å²) in [6, 6.07) is 5.35. The van der Waals surface area contributed by atoms with Crippen LogP contribution < -0.4 is 4.74 Å². The van der Waals surface area contributed by atoms with Gasteiger partial charge in [0.1, 0.15) is 5.75 Å². The average molecular weight is 370 g/mol. The van der Waals surface area contributed by atoms with Crippen LogP contribution in [-0.4, -0.2) is 42.1 Å². The lowest BCUT2D eigenvalue weighted by atomic mass is 9.93. The Bertz CT molecular complexity index is 561. The third-order valence-corrected chi connectivity index (χ3v) is 4.46. The number of amides is 1. The summed E-state index contributed by atoms with van der Waals surface area (Å²) in [6.45, 7) is 1.33. The maximum absolute atomic E-state index is 12.7. The second-order valence-electron chi connectivity index (χ2n) is 5.54. The van der Waals surface area contributed by atoms with Crippen molar-refractivity contribution in [2.24, 2.45) is 5.92 Å². The van der Waals surface area contributed by atoms with Crippen molar-refractivity contribution in [1.82, 2.24) is 4.90 Å². The molecule has 1 aromatic carbocycles. The number of nitrogens with zero attached hydrogens (tertiary/aromatic N) is 1. The molecule has 6 heteroatoms. The molecule has 1 fully saturated rings. The van der Waals surface area contributed by atoms with E-state index in [0.717, 1.165) is 17.3 Å². The van der Waals surface area contributed by atoms with Gasteiger partial charge < -0.3 is 14.7 Å². The van der Waals surface area contributed by atoms with Gasteiger partial charge in [0.15, 0.2) is 0 Å². The van der Waals surface area contributed by atoms with Crippen LogP contribution in [0.15, 0.2) is 22.7 Å². The molecule has 1 N–H and O–H groups in total. The van der Waals surface area contributed by atoms with Gasteiger partial charge >= 0.3 is 5.97 Å². The number of carbonyl (C=O) groups is 2. The Labute approximate surface area is 138 Å². The summed E-state index contributed by atoms with van der Waals surface area (Å²) >= 11 is 3.37. The lowest BCUT2D eigenvalue weighted by Gasteiger charge is -2.33. The first-order chi connectivity index (χ1) is 10.5. The van der Waals surface area contributed by atoms with Crippen LogP contribution in [0.1, 0.15) is 36.0 Å². The fraction of sp³-hybridized carbons (Fsp3) is 0.500. The zero-order valence-electron chi connectivity index (χ0n) is 12.5. The molecule has 0 aliphatic carbocycles. The van der Waals surface area contributed by atoms with E-state index in [4.69, 9.17) is 9.84 Å². The van der Waals surface area contributed by atoms with Crippen LogP contribution in [0, 0.1) is 5.92 Å². The summed E-state index contributed by atoms with van der Waals surface area (Å²) < 4.78 is 6.15. The largest absolute Gasteiger partial charge is 0.496 e. The molecular formula is C16H20BrNO4. The molecule has 5 nitrogen and oxygen atoms in total. The molecule has 1 aliphatic rings. The number of benzene rings is 1. The first kappa shape index (κ1) is 16.8. The highest BCUT2D eigenvalue weighted by molar-refractivity contribution is 9.10. The number of halogens is 1. The third kappa shape index (κ3) is 4.22. The van der Waals surface area contributed by atoms with Crippen molar-refractivity contribution in [2.45, 2.75) is 25.7 Å². The first-order valence-electron chi connectivity index (χ1n) is 7.36. The Hall–Kier alpha value is -1.56. The second kappa shape index (κ2) is 7.63. The summed E-state index contributed by atoms with van der Waals surface area (Å²) in [4.78, 5) is 25.2. The molecule has 0 spiro atoms. The van der Waals surface area contributed by atoms with E-state index >= 15 is 0 Å². The minimum atomic E-state index is -0.780. The maximum Gasteiger partial charge on any atom is 0.303 e. The number of piperidine rings is 1. The first-order valence-corrected chi connectivity index (χ1v) is 8.15. The van der Waals surface area contributed by atoms with E-state index in [1.54, 1.807) is 19.2 Å². The number of carboxylic acid groups (broad SMARTS) is 1. The molecule has 120 valence electrons. The van der Waals surface area contributed by atoms with Gasteiger partial charge in [-0.05, 0) is 43.4 Å². The normalized spacial score (nSPS) is 18.1. The molecule has 1 amide bonds. The van der Waals surface area contributed by atoms with Crippen LogP contribution in [-0.2, 0) is 4.79 Å². The molecule has 0 aromatic heterocycles. The van der Waals surface area contributed by atoms with Gasteiger partial charge in [0.05, 0.1) is 12.7 Å². The lowest BCUT2D eigenvalue weighted by molar-refractivity contribution is -0.137. The van der Waals surface area contributed by atoms with Gasteiger partial charge in [-0.3, -0.25) is 9.59 Å². The monoisotopic (exact) mass is 369 g/mol. The molecule has 0 bridgehead atoms. The number of aliphatic carboxylic acids is 1. The standard InChI is InChI=1S/C16H20BrNO4/c1-22-14-9-12(17)5-6-13(14)16(21)18-8-2-3-11(10-18)4-7-15(19)20/h5-6,9,11H,2-4,7-8,10H2,1H3,(H,19,20)/t11-/m1/s1. The van der Waals surface area contributed by atoms with Crippen molar-refractivity contribution in [3.63, 3.8) is 0 Å². The number of rotatable bonds is 5. The van der Waals surface area contributed by atoms with Gasteiger partial charge in [-0.15, -0.1) is 0 Å². The van der Waals surface area contributed by atoms with Gasteiger partial charge in [-0.2, -0.15) is 0 Å².